The normalized spacial score (nSPS) is 19.4. The third-order valence-corrected chi connectivity index (χ3v) is 4.78. The van der Waals surface area contributed by atoms with Crippen LogP contribution in [0.3, 0.4) is 0 Å². The van der Waals surface area contributed by atoms with E-state index in [1.165, 1.54) is 0 Å². The average molecular weight is 328 g/mol. The smallest absolute Gasteiger partial charge is 0.323 e. The highest BCUT2D eigenvalue weighted by Crippen LogP contribution is 2.36. The van der Waals surface area contributed by atoms with Crippen LogP contribution < -0.4 is 0 Å². The standard InChI is InChI=1S/C11H18ClNO6S/c1-3-18-9(14)11(10(15)19-4-2)5-7-13(8-6-11)20(12,16)17/h3-8H2,1-2H3. The predicted octanol–water partition coefficient (Wildman–Crippen LogP) is 0.678. The van der Waals surface area contributed by atoms with Crippen LogP contribution in [0.2, 0.25) is 0 Å². The maximum Gasteiger partial charge on any atom is 0.323 e. The highest BCUT2D eigenvalue weighted by Gasteiger charge is 2.51. The second-order valence-electron chi connectivity index (χ2n) is 4.36. The highest BCUT2D eigenvalue weighted by atomic mass is 35.7. The van der Waals surface area contributed by atoms with E-state index < -0.39 is 26.6 Å². The van der Waals surface area contributed by atoms with E-state index in [0.29, 0.717) is 0 Å². The Morgan fingerprint density at radius 3 is 1.80 bits per heavy atom. The second-order valence-corrected chi connectivity index (χ2v) is 6.87. The van der Waals surface area contributed by atoms with Gasteiger partial charge in [0.1, 0.15) is 0 Å². The van der Waals surface area contributed by atoms with Crippen LogP contribution in [0.1, 0.15) is 26.7 Å². The lowest BCUT2D eigenvalue weighted by molar-refractivity contribution is -0.175. The zero-order valence-corrected chi connectivity index (χ0v) is 13.0. The fourth-order valence-electron chi connectivity index (χ4n) is 2.12. The van der Waals surface area contributed by atoms with E-state index in [0.717, 1.165) is 4.31 Å². The Morgan fingerprint density at radius 2 is 1.50 bits per heavy atom. The van der Waals surface area contributed by atoms with E-state index in [9.17, 15) is 18.0 Å². The Kier molecular flexibility index (Phi) is 5.79. The summed E-state index contributed by atoms with van der Waals surface area (Å²) in [5, 5.41) is 0. The molecule has 1 rings (SSSR count). The maximum absolute atomic E-state index is 12.1. The van der Waals surface area contributed by atoms with Crippen molar-refractivity contribution in [2.24, 2.45) is 5.41 Å². The minimum atomic E-state index is -3.85. The molecule has 1 fully saturated rings. The van der Waals surface area contributed by atoms with Crippen molar-refractivity contribution in [3.05, 3.63) is 0 Å². The zero-order valence-electron chi connectivity index (χ0n) is 11.4. The van der Waals surface area contributed by atoms with Gasteiger partial charge in [0, 0.05) is 23.8 Å². The molecular weight excluding hydrogens is 310 g/mol. The molecule has 1 aliphatic heterocycles. The van der Waals surface area contributed by atoms with E-state index >= 15 is 0 Å². The molecule has 0 saturated carbocycles. The number of carbonyl (C=O) groups excluding carboxylic acids is 2. The molecule has 0 unspecified atom stereocenters. The Bertz CT molecular complexity index is 449. The predicted molar refractivity (Wildman–Crippen MR) is 71.3 cm³/mol. The van der Waals surface area contributed by atoms with Crippen molar-refractivity contribution < 1.29 is 27.5 Å². The summed E-state index contributed by atoms with van der Waals surface area (Å²) >= 11 is 0. The Hall–Kier alpha value is -0.860. The average Bonchev–Trinajstić information content (AvgIpc) is 2.38. The number of rotatable bonds is 5. The lowest BCUT2D eigenvalue weighted by atomic mass is 9.79. The zero-order chi connectivity index (χ0) is 15.4. The molecule has 9 heteroatoms. The SMILES string of the molecule is CCOC(=O)C1(C(=O)OCC)CCN(S(=O)(=O)Cl)CC1. The van der Waals surface area contributed by atoms with Gasteiger partial charge in [-0.25, -0.2) is 0 Å². The van der Waals surface area contributed by atoms with Crippen molar-refractivity contribution in [2.75, 3.05) is 26.3 Å². The van der Waals surface area contributed by atoms with Crippen LogP contribution in [-0.4, -0.2) is 51.0 Å². The fraction of sp³-hybridized carbons (Fsp3) is 0.818. The van der Waals surface area contributed by atoms with E-state index in [-0.39, 0.29) is 39.1 Å². The summed E-state index contributed by atoms with van der Waals surface area (Å²) < 4.78 is 33.4. The number of carbonyl (C=O) groups is 2. The van der Waals surface area contributed by atoms with Gasteiger partial charge in [-0.1, -0.05) is 0 Å². The molecule has 0 N–H and O–H groups in total. The van der Waals surface area contributed by atoms with Crippen molar-refractivity contribution in [3.8, 4) is 0 Å². The van der Waals surface area contributed by atoms with Gasteiger partial charge < -0.3 is 9.47 Å². The maximum atomic E-state index is 12.1. The van der Waals surface area contributed by atoms with Crippen LogP contribution in [0.4, 0.5) is 0 Å². The van der Waals surface area contributed by atoms with Crippen molar-refractivity contribution >= 4 is 31.9 Å². The van der Waals surface area contributed by atoms with Gasteiger partial charge in [-0.15, -0.1) is 0 Å². The summed E-state index contributed by atoms with van der Waals surface area (Å²) in [4.78, 5) is 24.1. The summed E-state index contributed by atoms with van der Waals surface area (Å²) in [5.74, 6) is -1.35. The topological polar surface area (TPSA) is 90.0 Å². The number of halogens is 1. The molecule has 1 saturated heterocycles. The minimum Gasteiger partial charge on any atom is -0.465 e. The van der Waals surface area contributed by atoms with E-state index in [1.807, 2.05) is 0 Å². The Balaban J connectivity index is 2.94. The molecule has 1 aliphatic rings. The van der Waals surface area contributed by atoms with Crippen LogP contribution in [0.25, 0.3) is 0 Å². The van der Waals surface area contributed by atoms with Gasteiger partial charge in [0.15, 0.2) is 5.41 Å². The first-order valence-corrected chi connectivity index (χ1v) is 8.58. The van der Waals surface area contributed by atoms with Gasteiger partial charge in [-0.3, -0.25) is 9.59 Å². The van der Waals surface area contributed by atoms with Gasteiger partial charge in [-0.05, 0) is 26.7 Å². The number of hydrogen-bond acceptors (Lipinski definition) is 6. The first kappa shape index (κ1) is 17.2. The van der Waals surface area contributed by atoms with Crippen molar-refractivity contribution in [3.63, 3.8) is 0 Å². The highest BCUT2D eigenvalue weighted by molar-refractivity contribution is 8.11. The number of nitrogens with zero attached hydrogens (tertiary/aromatic N) is 1. The Labute approximate surface area is 122 Å². The number of piperidine rings is 1. The molecule has 116 valence electrons. The van der Waals surface area contributed by atoms with E-state index in [2.05, 4.69) is 0 Å². The van der Waals surface area contributed by atoms with E-state index in [4.69, 9.17) is 20.2 Å². The first-order valence-electron chi connectivity index (χ1n) is 6.32. The lowest BCUT2D eigenvalue weighted by Crippen LogP contribution is -2.51. The van der Waals surface area contributed by atoms with Crippen LogP contribution in [-0.2, 0) is 28.3 Å². The van der Waals surface area contributed by atoms with Crippen LogP contribution in [0.15, 0.2) is 0 Å². The third-order valence-electron chi connectivity index (χ3n) is 3.22. The molecule has 0 aromatic heterocycles. The quantitative estimate of drug-likeness (QED) is 0.419. The van der Waals surface area contributed by atoms with Crippen molar-refractivity contribution in [1.82, 2.24) is 4.31 Å². The largest absolute Gasteiger partial charge is 0.465 e. The second kappa shape index (κ2) is 6.73. The van der Waals surface area contributed by atoms with Crippen molar-refractivity contribution in [2.45, 2.75) is 26.7 Å². The molecule has 7 nitrogen and oxygen atoms in total. The van der Waals surface area contributed by atoms with Gasteiger partial charge in [0.25, 0.3) is 9.24 Å². The third kappa shape index (κ3) is 3.62. The lowest BCUT2D eigenvalue weighted by Gasteiger charge is -2.36. The van der Waals surface area contributed by atoms with Gasteiger partial charge >= 0.3 is 11.9 Å². The molecule has 0 atom stereocenters. The van der Waals surface area contributed by atoms with Crippen LogP contribution in [0, 0.1) is 5.41 Å². The molecule has 0 amide bonds. The van der Waals surface area contributed by atoms with Crippen LogP contribution >= 0.6 is 10.7 Å². The molecule has 0 aromatic rings. The van der Waals surface area contributed by atoms with E-state index in [1.54, 1.807) is 13.8 Å². The molecule has 0 aliphatic carbocycles. The number of esters is 2. The summed E-state index contributed by atoms with van der Waals surface area (Å²) in [6, 6.07) is 0. The van der Waals surface area contributed by atoms with Gasteiger partial charge in [0.05, 0.1) is 13.2 Å². The summed E-state index contributed by atoms with van der Waals surface area (Å²) in [5.41, 5.74) is -1.44. The molecule has 0 aromatic carbocycles. The summed E-state index contributed by atoms with van der Waals surface area (Å²) in [6.07, 6.45) is -0.00671. The fourth-order valence-corrected chi connectivity index (χ4v) is 3.15. The molecular formula is C11H18ClNO6S. The molecule has 20 heavy (non-hydrogen) atoms. The first-order chi connectivity index (χ1) is 9.28. The molecule has 0 spiro atoms. The summed E-state index contributed by atoms with van der Waals surface area (Å²) in [7, 11) is 1.40. The molecule has 0 radical (unpaired) electrons. The van der Waals surface area contributed by atoms with Crippen LogP contribution in [0.5, 0.6) is 0 Å². The monoisotopic (exact) mass is 327 g/mol. The number of ether oxygens (including phenoxy) is 2. The minimum absolute atomic E-state index is 0.00336. The number of hydrogen-bond donors (Lipinski definition) is 0. The Morgan fingerprint density at radius 1 is 1.10 bits per heavy atom. The molecule has 1 heterocycles. The summed E-state index contributed by atoms with van der Waals surface area (Å²) in [6.45, 7) is 3.49. The van der Waals surface area contributed by atoms with Gasteiger partial charge in [-0.2, -0.15) is 12.7 Å². The van der Waals surface area contributed by atoms with Gasteiger partial charge in [0.2, 0.25) is 0 Å². The molecule has 0 bridgehead atoms. The van der Waals surface area contributed by atoms with Crippen molar-refractivity contribution in [1.29, 1.82) is 0 Å².